The minimum absolute atomic E-state index is 0.0399. The Morgan fingerprint density at radius 2 is 2.26 bits per heavy atom. The van der Waals surface area contributed by atoms with Crippen LogP contribution in [0.15, 0.2) is 18.2 Å². The Labute approximate surface area is 113 Å². The first-order chi connectivity index (χ1) is 8.99. The molecule has 0 spiro atoms. The van der Waals surface area contributed by atoms with Gasteiger partial charge in [-0.2, -0.15) is 5.26 Å². The smallest absolute Gasteiger partial charge is 0.221 e. The summed E-state index contributed by atoms with van der Waals surface area (Å²) in [4.78, 5) is 13.1. The molecular weight excluding hydrogens is 242 g/mol. The van der Waals surface area contributed by atoms with E-state index in [0.29, 0.717) is 18.5 Å². The van der Waals surface area contributed by atoms with E-state index in [9.17, 15) is 9.90 Å². The van der Waals surface area contributed by atoms with Crippen LogP contribution in [0.25, 0.3) is 0 Å². The second kappa shape index (κ2) is 6.76. The van der Waals surface area contributed by atoms with Gasteiger partial charge in [-0.3, -0.25) is 4.79 Å². The summed E-state index contributed by atoms with van der Waals surface area (Å²) in [7, 11) is 3.44. The van der Waals surface area contributed by atoms with Crippen molar-refractivity contribution in [1.29, 1.82) is 5.26 Å². The van der Waals surface area contributed by atoms with Crippen LogP contribution in [0.5, 0.6) is 0 Å². The lowest BCUT2D eigenvalue weighted by Crippen LogP contribution is -2.27. The predicted octanol–water partition coefficient (Wildman–Crippen LogP) is 1.18. The van der Waals surface area contributed by atoms with Crippen molar-refractivity contribution in [2.75, 3.05) is 25.5 Å². The second-order valence-electron chi connectivity index (χ2n) is 4.41. The third kappa shape index (κ3) is 3.97. The molecule has 0 aliphatic carbocycles. The van der Waals surface area contributed by atoms with E-state index in [2.05, 4.69) is 11.4 Å². The van der Waals surface area contributed by atoms with Crippen LogP contribution in [0.4, 0.5) is 5.69 Å². The zero-order valence-corrected chi connectivity index (χ0v) is 11.5. The number of nitrogens with one attached hydrogen (secondary N) is 1. The Kier molecular flexibility index (Phi) is 5.34. The Morgan fingerprint density at radius 1 is 1.58 bits per heavy atom. The van der Waals surface area contributed by atoms with Crippen LogP contribution in [-0.2, 0) is 4.79 Å². The number of nitrogens with zero attached hydrogens (tertiary/aromatic N) is 2. The summed E-state index contributed by atoms with van der Waals surface area (Å²) in [5.41, 5.74) is 2.06. The Balaban J connectivity index is 2.96. The highest BCUT2D eigenvalue weighted by atomic mass is 16.3. The number of rotatable bonds is 5. The predicted molar refractivity (Wildman–Crippen MR) is 73.7 cm³/mol. The van der Waals surface area contributed by atoms with E-state index in [4.69, 9.17) is 5.26 Å². The molecule has 0 saturated heterocycles. The van der Waals surface area contributed by atoms with Gasteiger partial charge < -0.3 is 15.3 Å². The molecule has 1 amide bonds. The van der Waals surface area contributed by atoms with Gasteiger partial charge in [0, 0.05) is 38.3 Å². The van der Waals surface area contributed by atoms with Crippen LogP contribution in [-0.4, -0.2) is 31.7 Å². The average Bonchev–Trinajstić information content (AvgIpc) is 2.43. The van der Waals surface area contributed by atoms with Crippen molar-refractivity contribution in [3.63, 3.8) is 0 Å². The first kappa shape index (κ1) is 15.0. The van der Waals surface area contributed by atoms with Gasteiger partial charge >= 0.3 is 0 Å². The van der Waals surface area contributed by atoms with Gasteiger partial charge in [0.25, 0.3) is 0 Å². The van der Waals surface area contributed by atoms with Crippen LogP contribution in [0.2, 0.25) is 0 Å². The molecule has 19 heavy (non-hydrogen) atoms. The van der Waals surface area contributed by atoms with Crippen molar-refractivity contribution in [1.82, 2.24) is 5.32 Å². The molecule has 102 valence electrons. The molecule has 0 aromatic heterocycles. The lowest BCUT2D eigenvalue weighted by atomic mass is 10.0. The number of aliphatic hydroxyl groups is 1. The SMILES string of the molecule is CNC(=O)CCN(C)c1cc(C#N)ccc1C(C)O. The van der Waals surface area contributed by atoms with Crippen LogP contribution in [0, 0.1) is 11.3 Å². The molecule has 1 rings (SSSR count). The highest BCUT2D eigenvalue weighted by Gasteiger charge is 2.13. The summed E-state index contributed by atoms with van der Waals surface area (Å²) in [5.74, 6) is -0.0399. The molecule has 5 nitrogen and oxygen atoms in total. The van der Waals surface area contributed by atoms with Crippen molar-refractivity contribution in [3.8, 4) is 6.07 Å². The summed E-state index contributed by atoms with van der Waals surface area (Å²) >= 11 is 0. The van der Waals surface area contributed by atoms with Gasteiger partial charge in [-0.25, -0.2) is 0 Å². The summed E-state index contributed by atoms with van der Waals surface area (Å²) in [6.07, 6.45) is -0.256. The fourth-order valence-corrected chi connectivity index (χ4v) is 1.81. The summed E-state index contributed by atoms with van der Waals surface area (Å²) in [6, 6.07) is 7.23. The quantitative estimate of drug-likeness (QED) is 0.834. The minimum atomic E-state index is -0.620. The molecule has 1 unspecified atom stereocenters. The Bertz CT molecular complexity index is 492. The van der Waals surface area contributed by atoms with Gasteiger partial charge in [-0.15, -0.1) is 0 Å². The van der Waals surface area contributed by atoms with Crippen molar-refractivity contribution < 1.29 is 9.90 Å². The number of hydrogen-bond acceptors (Lipinski definition) is 4. The second-order valence-corrected chi connectivity index (χ2v) is 4.41. The zero-order chi connectivity index (χ0) is 14.4. The van der Waals surface area contributed by atoms with E-state index in [-0.39, 0.29) is 5.91 Å². The summed E-state index contributed by atoms with van der Waals surface area (Å²) < 4.78 is 0. The lowest BCUT2D eigenvalue weighted by molar-refractivity contribution is -0.120. The van der Waals surface area contributed by atoms with Gasteiger partial charge in [0.1, 0.15) is 0 Å². The van der Waals surface area contributed by atoms with Gasteiger partial charge in [0.05, 0.1) is 17.7 Å². The van der Waals surface area contributed by atoms with Crippen LogP contribution in [0.1, 0.15) is 30.6 Å². The number of carbonyl (C=O) groups excluding carboxylic acids is 1. The fraction of sp³-hybridized carbons (Fsp3) is 0.429. The van der Waals surface area contributed by atoms with Crippen LogP contribution < -0.4 is 10.2 Å². The molecule has 0 aliphatic rings. The van der Waals surface area contributed by atoms with Crippen molar-refractivity contribution >= 4 is 11.6 Å². The highest BCUT2D eigenvalue weighted by molar-refractivity contribution is 5.76. The maximum atomic E-state index is 11.2. The van der Waals surface area contributed by atoms with Gasteiger partial charge in [-0.05, 0) is 19.1 Å². The third-order valence-electron chi connectivity index (χ3n) is 2.97. The van der Waals surface area contributed by atoms with Gasteiger partial charge in [0.15, 0.2) is 0 Å². The molecule has 1 atom stereocenters. The molecule has 2 N–H and O–H groups in total. The monoisotopic (exact) mass is 261 g/mol. The van der Waals surface area contributed by atoms with Crippen molar-refractivity contribution in [2.24, 2.45) is 0 Å². The summed E-state index contributed by atoms with van der Waals surface area (Å²) in [6.45, 7) is 2.20. The van der Waals surface area contributed by atoms with Crippen LogP contribution >= 0.6 is 0 Å². The van der Waals surface area contributed by atoms with E-state index in [0.717, 1.165) is 11.3 Å². The van der Waals surface area contributed by atoms with Crippen LogP contribution in [0.3, 0.4) is 0 Å². The van der Waals surface area contributed by atoms with E-state index >= 15 is 0 Å². The van der Waals surface area contributed by atoms with E-state index in [1.54, 1.807) is 32.2 Å². The first-order valence-corrected chi connectivity index (χ1v) is 6.13. The van der Waals surface area contributed by atoms with Crippen molar-refractivity contribution in [2.45, 2.75) is 19.4 Å². The molecule has 0 fully saturated rings. The molecule has 0 aliphatic heterocycles. The average molecular weight is 261 g/mol. The molecule has 0 radical (unpaired) electrons. The summed E-state index contributed by atoms with van der Waals surface area (Å²) in [5, 5.41) is 21.3. The number of aliphatic hydroxyl groups excluding tert-OH is 1. The topological polar surface area (TPSA) is 76.4 Å². The van der Waals surface area contributed by atoms with E-state index in [1.165, 1.54) is 0 Å². The standard InChI is InChI=1S/C14H19N3O2/c1-10(18)12-5-4-11(9-15)8-13(12)17(3)7-6-14(19)16-2/h4-5,8,10,18H,6-7H2,1-3H3,(H,16,19). The van der Waals surface area contributed by atoms with E-state index < -0.39 is 6.10 Å². The Hall–Kier alpha value is -2.06. The van der Waals surface area contributed by atoms with E-state index in [1.807, 2.05) is 11.9 Å². The fourth-order valence-electron chi connectivity index (χ4n) is 1.81. The number of carbonyl (C=O) groups is 1. The molecular formula is C14H19N3O2. The number of hydrogen-bond donors (Lipinski definition) is 2. The molecule has 0 bridgehead atoms. The molecule has 1 aromatic rings. The maximum absolute atomic E-state index is 11.2. The molecule has 5 heteroatoms. The highest BCUT2D eigenvalue weighted by Crippen LogP contribution is 2.26. The zero-order valence-electron chi connectivity index (χ0n) is 11.5. The Morgan fingerprint density at radius 3 is 2.79 bits per heavy atom. The minimum Gasteiger partial charge on any atom is -0.389 e. The third-order valence-corrected chi connectivity index (χ3v) is 2.97. The largest absolute Gasteiger partial charge is 0.389 e. The number of benzene rings is 1. The van der Waals surface area contributed by atoms with Gasteiger partial charge in [-0.1, -0.05) is 6.07 Å². The molecule has 0 heterocycles. The first-order valence-electron chi connectivity index (χ1n) is 6.13. The number of nitriles is 1. The lowest BCUT2D eigenvalue weighted by Gasteiger charge is -2.23. The number of anilines is 1. The molecule has 1 aromatic carbocycles. The maximum Gasteiger partial charge on any atom is 0.221 e. The number of amides is 1. The van der Waals surface area contributed by atoms with Crippen molar-refractivity contribution in [3.05, 3.63) is 29.3 Å². The normalized spacial score (nSPS) is 11.5. The molecule has 0 saturated carbocycles. The van der Waals surface area contributed by atoms with Gasteiger partial charge in [0.2, 0.25) is 5.91 Å².